The van der Waals surface area contributed by atoms with Crippen molar-refractivity contribution in [1.82, 2.24) is 78.7 Å². The van der Waals surface area contributed by atoms with Crippen molar-refractivity contribution >= 4 is 115 Å². The predicted octanol–water partition coefficient (Wildman–Crippen LogP) is 22.5. The van der Waals surface area contributed by atoms with Crippen LogP contribution < -0.4 is 37.2 Å². The average molecular weight is 2020 g/mol. The van der Waals surface area contributed by atoms with Crippen LogP contribution in [0.4, 0.5) is 23.8 Å². The van der Waals surface area contributed by atoms with Gasteiger partial charge in [0.2, 0.25) is 47.4 Å². The van der Waals surface area contributed by atoms with Gasteiger partial charge in [0.05, 0.1) is 44.1 Å². The minimum atomic E-state index is -0.228. The van der Waals surface area contributed by atoms with Gasteiger partial charge in [-0.25, -0.2) is 19.9 Å². The van der Waals surface area contributed by atoms with Crippen LogP contribution in [0.5, 0.6) is 0 Å². The van der Waals surface area contributed by atoms with Crippen LogP contribution in [0, 0.1) is 23.7 Å². The number of hydrogen-bond acceptors (Lipinski definition) is 16. The zero-order chi connectivity index (χ0) is 104. The van der Waals surface area contributed by atoms with Crippen LogP contribution in [0.1, 0.15) is 323 Å². The molecule has 4 aliphatic heterocycles. The Hall–Kier alpha value is -12.8. The summed E-state index contributed by atoms with van der Waals surface area (Å²) in [6, 6.07) is 64.1. The van der Waals surface area contributed by atoms with Crippen molar-refractivity contribution in [3.05, 3.63) is 239 Å². The van der Waals surface area contributed by atoms with Crippen LogP contribution in [0.15, 0.2) is 194 Å². The molecular weight excluding hydrogens is 1860 g/mol. The summed E-state index contributed by atoms with van der Waals surface area (Å²) in [5, 5.41) is 21.6. The molecule has 149 heavy (non-hydrogen) atoms. The molecular formula is C121H158N20O8. The summed E-state index contributed by atoms with van der Waals surface area (Å²) in [6.45, 7) is 31.3. The quantitative estimate of drug-likeness (QED) is 0.0240. The zero-order valence-electron chi connectivity index (χ0n) is 89.2. The Kier molecular flexibility index (Phi) is 37.3. The van der Waals surface area contributed by atoms with E-state index in [-0.39, 0.29) is 107 Å². The third-order valence-corrected chi connectivity index (χ3v) is 31.5. The second-order valence-electron chi connectivity index (χ2n) is 44.0. The molecule has 4 saturated heterocycles. The monoisotopic (exact) mass is 2020 g/mol. The molecule has 8 aliphatic rings. The number of imidazole rings is 4. The molecule has 8 amide bonds. The molecule has 7 N–H and O–H groups in total. The van der Waals surface area contributed by atoms with Gasteiger partial charge in [-0.3, -0.25) is 79.2 Å². The van der Waals surface area contributed by atoms with Gasteiger partial charge in [-0.2, -0.15) is 0 Å². The zero-order valence-corrected chi connectivity index (χ0v) is 89.2. The highest BCUT2D eigenvalue weighted by Gasteiger charge is 2.38. The third kappa shape index (κ3) is 28.3. The highest BCUT2D eigenvalue weighted by atomic mass is 16.2. The number of nitrogens with zero attached hydrogens (tertiary/aromatic N) is 13. The molecule has 28 nitrogen and oxygen atoms in total. The van der Waals surface area contributed by atoms with Crippen molar-refractivity contribution in [2.24, 2.45) is 23.7 Å². The van der Waals surface area contributed by atoms with E-state index in [2.05, 4.69) is 148 Å². The van der Waals surface area contributed by atoms with Crippen LogP contribution in [0.25, 0.3) is 44.1 Å². The molecule has 12 aromatic rings. The van der Waals surface area contributed by atoms with Crippen LogP contribution in [0.2, 0.25) is 0 Å². The fourth-order valence-corrected chi connectivity index (χ4v) is 23.7. The van der Waals surface area contributed by atoms with Gasteiger partial charge >= 0.3 is 0 Å². The number of piperidine rings is 4. The van der Waals surface area contributed by atoms with Crippen molar-refractivity contribution in [3.8, 4) is 0 Å². The van der Waals surface area contributed by atoms with Crippen molar-refractivity contribution in [3.63, 3.8) is 0 Å². The maximum absolute atomic E-state index is 13.1. The lowest BCUT2D eigenvalue weighted by Gasteiger charge is -2.32. The highest BCUT2D eigenvalue weighted by Crippen LogP contribution is 2.44. The molecule has 0 spiro atoms. The number of likely N-dealkylation sites (tertiary alicyclic amines) is 4. The maximum Gasteiger partial charge on any atom is 0.257 e. The molecule has 0 atom stereocenters. The second kappa shape index (κ2) is 51.6. The number of carbonyl (C=O) groups excluding carboxylic acids is 8. The van der Waals surface area contributed by atoms with Crippen molar-refractivity contribution < 1.29 is 38.4 Å². The molecule has 4 saturated carbocycles. The lowest BCUT2D eigenvalue weighted by Crippen LogP contribution is -2.44. The summed E-state index contributed by atoms with van der Waals surface area (Å²) in [4.78, 5) is 135. The van der Waals surface area contributed by atoms with E-state index in [0.29, 0.717) is 52.6 Å². The molecule has 4 aromatic heterocycles. The Balaban J connectivity index is 0.000000135. The van der Waals surface area contributed by atoms with Gasteiger partial charge in [0, 0.05) is 127 Å². The highest BCUT2D eigenvalue weighted by molar-refractivity contribution is 6.07. The van der Waals surface area contributed by atoms with Gasteiger partial charge in [-0.1, -0.05) is 123 Å². The number of rotatable bonds is 28. The molecule has 0 radical (unpaired) electrons. The minimum Gasteiger partial charge on any atom is -0.356 e. The van der Waals surface area contributed by atoms with Gasteiger partial charge in [-0.05, 0) is 381 Å². The predicted molar refractivity (Wildman–Crippen MR) is 595 cm³/mol. The standard InChI is InChI=1S/2C31H41N5O2.C30H39N5O2.C29H37N5O2/c1-31(2,3)34-29(38)24-13-15-25(16-14-24)36-27-20-22(21-35-18-8-5-9-19-35)12-17-26(27)32-30(36)33-28(37)23-10-6-4-7-11-23;1-3-35(4-2)30(38)25-14-16-26(17-15-25)36-28-21-23(22-34-19-9-6-10-20-34)13-18-27(28)32-31(36)33-29(37)24-11-7-5-8-12-24;1-21(2)31-28(36)24-12-14-25(15-13-24)35-27-19-22(20-34-17-7-4-8-18-34)11-16-26(27)32-30(35)33-29(37)23-9-5-3-6-10-23;1-2-30-27(35)23-12-14-24(15-13-23)34-26-19-21(20-33-17-7-4-8-18-33)11-16-25(26)31-29(34)32-28(36)22-9-5-3-6-10-22/h4,6-7,10-12,17,20,24-25H,5,8-9,13-16,18-19,21H2,1-3H3,(H,34,38)(H,32,33,37);5,7-8,11-13,18,21,25-26H,3-4,6,9-10,14-17,19-20,22H2,1-2H3,(H,32,33,37);3,5-6,9-11,16,19,21,24-25H,4,7-8,12-15,17-18,20H2,1-2H3,(H,31,36)(H,32,33,37);3,5-6,9-11,16,19,23-24H,2,4,7-8,12-15,17-18,20H2,1H3,(H,30,35)(H,31,32,36). The van der Waals surface area contributed by atoms with E-state index in [9.17, 15) is 38.4 Å². The first-order valence-electron chi connectivity index (χ1n) is 56.0. The Morgan fingerprint density at radius 3 is 0.805 bits per heavy atom. The first kappa shape index (κ1) is 108. The number of aromatic nitrogens is 8. The summed E-state index contributed by atoms with van der Waals surface area (Å²) < 4.78 is 8.93. The fourth-order valence-electron chi connectivity index (χ4n) is 23.7. The minimum absolute atomic E-state index is 0.0253. The lowest BCUT2D eigenvalue weighted by molar-refractivity contribution is -0.136. The number of anilines is 4. The molecule has 20 rings (SSSR count). The van der Waals surface area contributed by atoms with Crippen LogP contribution >= 0.6 is 0 Å². The van der Waals surface area contributed by atoms with Crippen molar-refractivity contribution in [2.45, 2.75) is 297 Å². The Labute approximate surface area is 879 Å². The molecule has 8 heterocycles. The average Bonchev–Trinajstić information content (AvgIpc) is 1.64. The van der Waals surface area contributed by atoms with E-state index in [0.717, 1.165) is 238 Å². The smallest absolute Gasteiger partial charge is 0.257 e. The Bertz CT molecular complexity index is 6470. The first-order chi connectivity index (χ1) is 72.4. The van der Waals surface area contributed by atoms with Gasteiger partial charge in [-0.15, -0.1) is 0 Å². The lowest BCUT2D eigenvalue weighted by atomic mass is 9.84. The summed E-state index contributed by atoms with van der Waals surface area (Å²) in [6.07, 6.45) is 29.2. The van der Waals surface area contributed by atoms with E-state index >= 15 is 0 Å². The molecule has 8 fully saturated rings. The first-order valence-corrected chi connectivity index (χ1v) is 56.0. The van der Waals surface area contributed by atoms with E-state index in [1.54, 1.807) is 0 Å². The van der Waals surface area contributed by atoms with E-state index in [1.165, 1.54) is 99.3 Å². The van der Waals surface area contributed by atoms with Gasteiger partial charge in [0.15, 0.2) is 0 Å². The van der Waals surface area contributed by atoms with Crippen LogP contribution in [0.3, 0.4) is 0 Å². The number of nitrogens with one attached hydrogen (secondary N) is 7. The molecule has 0 unspecified atom stereocenters. The normalized spacial score (nSPS) is 20.7. The topological polar surface area (TPSA) is 308 Å². The van der Waals surface area contributed by atoms with E-state index in [4.69, 9.17) is 19.9 Å². The van der Waals surface area contributed by atoms with Gasteiger partial charge in [0.1, 0.15) is 0 Å². The SMILES string of the molecule is CC(C)(C)NC(=O)C1CCC(n2c(NC(=O)c3ccccc3)nc3ccc(CN4CCCCC4)cc32)CC1.CC(C)NC(=O)C1CCC(n2c(NC(=O)c3ccccc3)nc3ccc(CN4CCCCC4)cc32)CC1.CCN(CC)C(=O)C1CCC(n2c(NC(=O)c3ccccc3)nc3ccc(CN4CCCCC4)cc32)CC1.CCNC(=O)C1CCC(n2c(NC(=O)c3ccccc3)nc3ccc(CN4CCCCC4)cc32)CC1. The number of fused-ring (bicyclic) bond motifs is 4. The molecule has 8 aromatic carbocycles. The molecule has 790 valence electrons. The second-order valence-corrected chi connectivity index (χ2v) is 44.0. The van der Waals surface area contributed by atoms with Crippen LogP contribution in [-0.4, -0.2) is 194 Å². The number of hydrogen-bond donors (Lipinski definition) is 7. The van der Waals surface area contributed by atoms with Crippen molar-refractivity contribution in [1.29, 1.82) is 0 Å². The van der Waals surface area contributed by atoms with E-state index < -0.39 is 0 Å². The summed E-state index contributed by atoms with van der Waals surface area (Å²) >= 11 is 0. The Morgan fingerprint density at radius 1 is 0.315 bits per heavy atom. The van der Waals surface area contributed by atoms with E-state index in [1.807, 2.05) is 182 Å². The number of carbonyl (C=O) groups is 8. The molecule has 4 aliphatic carbocycles. The Morgan fingerprint density at radius 2 is 0.564 bits per heavy atom. The molecule has 0 bridgehead atoms. The molecule has 28 heteroatoms. The largest absolute Gasteiger partial charge is 0.356 e. The number of benzene rings is 8. The summed E-state index contributed by atoms with van der Waals surface area (Å²) in [5.74, 6) is 2.71. The number of amides is 8. The van der Waals surface area contributed by atoms with Crippen LogP contribution in [-0.2, 0) is 45.4 Å². The summed E-state index contributed by atoms with van der Waals surface area (Å²) in [7, 11) is 0. The van der Waals surface area contributed by atoms with Crippen molar-refractivity contribution in [2.75, 3.05) is 93.3 Å². The third-order valence-electron chi connectivity index (χ3n) is 31.5. The van der Waals surface area contributed by atoms with Gasteiger partial charge < -0.3 is 39.1 Å². The van der Waals surface area contributed by atoms with Gasteiger partial charge in [0.25, 0.3) is 23.6 Å². The summed E-state index contributed by atoms with van der Waals surface area (Å²) in [5.41, 5.74) is 15.2. The maximum atomic E-state index is 13.1. The fraction of sp³-hybridized carbons (Fsp3) is 0.504.